The van der Waals surface area contributed by atoms with Crippen LogP contribution in [-0.2, 0) is 9.53 Å². The number of hydrogen-bond donors (Lipinski definition) is 0. The molecule has 0 atom stereocenters. The zero-order chi connectivity index (χ0) is 12.8. The Bertz CT molecular complexity index is 503. The van der Waals surface area contributed by atoms with E-state index in [1.807, 2.05) is 0 Å². The fourth-order valence-electron chi connectivity index (χ4n) is 1.22. The smallest absolute Gasteiger partial charge is 0.348 e. The summed E-state index contributed by atoms with van der Waals surface area (Å²) in [6.07, 6.45) is 1.37. The van der Waals surface area contributed by atoms with Gasteiger partial charge in [0.25, 0.3) is 0 Å². The van der Waals surface area contributed by atoms with Gasteiger partial charge < -0.3 is 9.47 Å². The number of benzene rings is 1. The van der Waals surface area contributed by atoms with Gasteiger partial charge in [-0.25, -0.2) is 4.79 Å². The minimum atomic E-state index is -0.700. The monoisotopic (exact) mass is 251 g/mol. The molecule has 0 heterocycles. The number of ether oxygens (including phenoxy) is 2. The summed E-state index contributed by atoms with van der Waals surface area (Å²) in [5, 5.41) is 9.31. The molecule has 1 aromatic rings. The van der Waals surface area contributed by atoms with Gasteiger partial charge in [0.05, 0.1) is 14.2 Å². The van der Waals surface area contributed by atoms with E-state index in [4.69, 9.17) is 21.6 Å². The quantitative estimate of drug-likeness (QED) is 0.470. The highest BCUT2D eigenvalue weighted by Crippen LogP contribution is 2.25. The van der Waals surface area contributed by atoms with Gasteiger partial charge in [-0.15, -0.1) is 0 Å². The molecule has 0 saturated heterocycles. The van der Waals surface area contributed by atoms with Crippen LogP contribution in [0.1, 0.15) is 5.56 Å². The largest absolute Gasteiger partial charge is 0.496 e. The minimum Gasteiger partial charge on any atom is -0.496 e. The Labute approximate surface area is 104 Å². The highest BCUT2D eigenvalue weighted by molar-refractivity contribution is 6.30. The number of rotatable bonds is 3. The average Bonchev–Trinajstić information content (AvgIpc) is 2.35. The Hall–Kier alpha value is -1.99. The number of nitrogens with zero attached hydrogens (tertiary/aromatic N) is 1. The lowest BCUT2D eigenvalue weighted by molar-refractivity contribution is -0.135. The molecule has 1 rings (SSSR count). The first-order valence-electron chi connectivity index (χ1n) is 4.66. The van der Waals surface area contributed by atoms with Crippen molar-refractivity contribution >= 4 is 23.6 Å². The van der Waals surface area contributed by atoms with Crippen LogP contribution in [-0.4, -0.2) is 20.2 Å². The summed E-state index contributed by atoms with van der Waals surface area (Å²) in [6.45, 7) is 0. The van der Waals surface area contributed by atoms with Crippen molar-refractivity contribution in [2.75, 3.05) is 14.2 Å². The number of hydrogen-bond acceptors (Lipinski definition) is 4. The van der Waals surface area contributed by atoms with Gasteiger partial charge in [-0.05, 0) is 24.3 Å². The molecule has 0 amide bonds. The van der Waals surface area contributed by atoms with Crippen LogP contribution in [0.15, 0.2) is 23.8 Å². The fraction of sp³-hybridized carbons (Fsp3) is 0.167. The number of methoxy groups -OCH3 is 2. The third-order valence-electron chi connectivity index (χ3n) is 2.02. The van der Waals surface area contributed by atoms with Gasteiger partial charge >= 0.3 is 5.97 Å². The van der Waals surface area contributed by atoms with E-state index in [1.54, 1.807) is 24.3 Å². The third-order valence-corrected chi connectivity index (χ3v) is 2.25. The summed E-state index contributed by atoms with van der Waals surface area (Å²) in [4.78, 5) is 11.2. The Morgan fingerprint density at radius 3 is 2.71 bits per heavy atom. The Morgan fingerprint density at radius 2 is 2.18 bits per heavy atom. The van der Waals surface area contributed by atoms with Crippen molar-refractivity contribution < 1.29 is 14.3 Å². The first kappa shape index (κ1) is 13.1. The van der Waals surface area contributed by atoms with Crippen molar-refractivity contribution in [3.63, 3.8) is 0 Å². The van der Waals surface area contributed by atoms with Gasteiger partial charge in [0, 0.05) is 10.6 Å². The third kappa shape index (κ3) is 3.23. The lowest BCUT2D eigenvalue weighted by atomic mass is 10.1. The van der Waals surface area contributed by atoms with Crippen LogP contribution < -0.4 is 4.74 Å². The molecular formula is C12H10ClNO3. The van der Waals surface area contributed by atoms with Gasteiger partial charge in [0.15, 0.2) is 0 Å². The maximum atomic E-state index is 11.2. The van der Waals surface area contributed by atoms with Crippen LogP contribution in [0.5, 0.6) is 5.75 Å². The van der Waals surface area contributed by atoms with E-state index in [0.29, 0.717) is 16.3 Å². The second kappa shape index (κ2) is 5.92. The van der Waals surface area contributed by atoms with E-state index in [-0.39, 0.29) is 5.57 Å². The maximum Gasteiger partial charge on any atom is 0.348 e. The van der Waals surface area contributed by atoms with Gasteiger partial charge in [-0.2, -0.15) is 5.26 Å². The van der Waals surface area contributed by atoms with Gasteiger partial charge in [-0.1, -0.05) is 11.6 Å². The van der Waals surface area contributed by atoms with Crippen LogP contribution in [0.2, 0.25) is 5.02 Å². The first-order valence-corrected chi connectivity index (χ1v) is 5.03. The Kier molecular flexibility index (Phi) is 4.56. The molecular weight excluding hydrogens is 242 g/mol. The predicted molar refractivity (Wildman–Crippen MR) is 63.6 cm³/mol. The van der Waals surface area contributed by atoms with E-state index >= 15 is 0 Å². The van der Waals surface area contributed by atoms with E-state index in [9.17, 15) is 4.79 Å². The standard InChI is InChI=1S/C12H10ClNO3/c1-16-11-4-3-10(13)6-8(11)5-9(7-14)12(15)17-2/h3-6H,1-2H3/b9-5+. The lowest BCUT2D eigenvalue weighted by Crippen LogP contribution is -2.02. The summed E-state index contributed by atoms with van der Waals surface area (Å²) in [6, 6.07) is 6.67. The van der Waals surface area contributed by atoms with E-state index < -0.39 is 5.97 Å². The van der Waals surface area contributed by atoms with Crippen molar-refractivity contribution in [1.82, 2.24) is 0 Å². The maximum absolute atomic E-state index is 11.2. The van der Waals surface area contributed by atoms with Gasteiger partial charge in [0.2, 0.25) is 0 Å². The molecule has 5 heteroatoms. The number of nitriles is 1. The molecule has 0 radical (unpaired) electrons. The topological polar surface area (TPSA) is 59.3 Å². The number of carbonyl (C=O) groups is 1. The summed E-state index contributed by atoms with van der Waals surface area (Å²) >= 11 is 5.83. The normalized spacial score (nSPS) is 10.6. The number of carbonyl (C=O) groups excluding carboxylic acids is 1. The van der Waals surface area contributed by atoms with Crippen LogP contribution in [0.3, 0.4) is 0 Å². The molecule has 0 aromatic heterocycles. The van der Waals surface area contributed by atoms with Crippen molar-refractivity contribution in [2.24, 2.45) is 0 Å². The first-order chi connectivity index (χ1) is 8.12. The Morgan fingerprint density at radius 1 is 1.47 bits per heavy atom. The Balaban J connectivity index is 3.24. The van der Waals surface area contributed by atoms with Crippen LogP contribution in [0.4, 0.5) is 0 Å². The molecule has 0 fully saturated rings. The van der Waals surface area contributed by atoms with Gasteiger partial charge in [-0.3, -0.25) is 0 Å². The van der Waals surface area contributed by atoms with E-state index in [1.165, 1.54) is 20.3 Å². The van der Waals surface area contributed by atoms with Gasteiger partial charge in [0.1, 0.15) is 17.4 Å². The van der Waals surface area contributed by atoms with E-state index in [2.05, 4.69) is 4.74 Å². The number of halogens is 1. The molecule has 0 bridgehead atoms. The lowest BCUT2D eigenvalue weighted by Gasteiger charge is -2.05. The van der Waals surface area contributed by atoms with Crippen molar-refractivity contribution in [3.8, 4) is 11.8 Å². The van der Waals surface area contributed by atoms with Crippen molar-refractivity contribution in [1.29, 1.82) is 5.26 Å². The second-order valence-corrected chi connectivity index (χ2v) is 3.48. The summed E-state index contributed by atoms with van der Waals surface area (Å²) in [5.41, 5.74) is 0.426. The van der Waals surface area contributed by atoms with Crippen LogP contribution >= 0.6 is 11.6 Å². The fourth-order valence-corrected chi connectivity index (χ4v) is 1.40. The number of esters is 1. The summed E-state index contributed by atoms with van der Waals surface area (Å²) in [5.74, 6) is -0.180. The molecule has 0 saturated carbocycles. The molecule has 0 N–H and O–H groups in total. The SMILES string of the molecule is COC(=O)/C(C#N)=C/c1cc(Cl)ccc1OC. The van der Waals surface area contributed by atoms with Crippen molar-refractivity contribution in [3.05, 3.63) is 34.4 Å². The zero-order valence-corrected chi connectivity index (χ0v) is 10.1. The summed E-state index contributed by atoms with van der Waals surface area (Å²) < 4.78 is 9.57. The molecule has 4 nitrogen and oxygen atoms in total. The average molecular weight is 252 g/mol. The molecule has 0 aliphatic carbocycles. The molecule has 0 aliphatic rings. The van der Waals surface area contributed by atoms with E-state index in [0.717, 1.165) is 0 Å². The minimum absolute atomic E-state index is 0.118. The highest BCUT2D eigenvalue weighted by atomic mass is 35.5. The predicted octanol–water partition coefficient (Wildman–Crippen LogP) is 2.43. The van der Waals surface area contributed by atoms with Crippen LogP contribution in [0.25, 0.3) is 6.08 Å². The van der Waals surface area contributed by atoms with Crippen molar-refractivity contribution in [2.45, 2.75) is 0 Å². The summed E-state index contributed by atoms with van der Waals surface area (Å²) in [7, 11) is 2.70. The molecule has 0 spiro atoms. The molecule has 17 heavy (non-hydrogen) atoms. The highest BCUT2D eigenvalue weighted by Gasteiger charge is 2.10. The molecule has 1 aromatic carbocycles. The zero-order valence-electron chi connectivity index (χ0n) is 9.36. The second-order valence-electron chi connectivity index (χ2n) is 3.05. The molecule has 88 valence electrons. The molecule has 0 unspecified atom stereocenters. The van der Waals surface area contributed by atoms with Crippen LogP contribution in [0, 0.1) is 11.3 Å². The molecule has 0 aliphatic heterocycles.